The number of anilines is 1. The third-order valence-electron chi connectivity index (χ3n) is 5.93. The molecule has 1 aromatic heterocycles. The van der Waals surface area contributed by atoms with Gasteiger partial charge in [0.1, 0.15) is 5.75 Å². The Kier molecular flexibility index (Phi) is 6.22. The zero-order valence-corrected chi connectivity index (χ0v) is 18.4. The largest absolute Gasteiger partial charge is 0.497 e. The molecule has 1 aliphatic heterocycles. The standard InChI is InChI=1S/C22H25N3O5S/c1-29-15-5-3-13(4-6-15)19(26)24-22-23-18-16(7-8-17(18)31-22)20(27)25-11-9-14(10-12-25)21(28)30-2/h3-6,14,16H,7-12H2,1-2H3,(H,23,24,26). The molecule has 4 rings (SSSR count). The zero-order chi connectivity index (χ0) is 22.0. The molecule has 0 spiro atoms. The first-order chi connectivity index (χ1) is 15.0. The minimum atomic E-state index is -0.285. The van der Waals surface area contributed by atoms with E-state index in [-0.39, 0.29) is 29.6 Å². The lowest BCUT2D eigenvalue weighted by molar-refractivity contribution is -0.149. The molecule has 2 aliphatic rings. The number of hydrogen-bond acceptors (Lipinski definition) is 7. The van der Waals surface area contributed by atoms with Crippen LogP contribution in [0.2, 0.25) is 0 Å². The summed E-state index contributed by atoms with van der Waals surface area (Å²) in [4.78, 5) is 44.8. The van der Waals surface area contributed by atoms with Crippen molar-refractivity contribution < 1.29 is 23.9 Å². The molecule has 2 amide bonds. The first kappa shape index (κ1) is 21.3. The number of nitrogens with one attached hydrogen (secondary N) is 1. The van der Waals surface area contributed by atoms with Gasteiger partial charge in [0, 0.05) is 23.5 Å². The van der Waals surface area contributed by atoms with Crippen LogP contribution in [0, 0.1) is 5.92 Å². The number of aromatic nitrogens is 1. The fraction of sp³-hybridized carbons (Fsp3) is 0.455. The highest BCUT2D eigenvalue weighted by molar-refractivity contribution is 7.16. The molecule has 1 aromatic carbocycles. The quantitative estimate of drug-likeness (QED) is 0.714. The fourth-order valence-corrected chi connectivity index (χ4v) is 5.19. The topological polar surface area (TPSA) is 97.8 Å². The number of hydrogen-bond donors (Lipinski definition) is 1. The summed E-state index contributed by atoms with van der Waals surface area (Å²) in [5, 5.41) is 3.35. The van der Waals surface area contributed by atoms with Crippen molar-refractivity contribution in [1.29, 1.82) is 0 Å². The van der Waals surface area contributed by atoms with Crippen molar-refractivity contribution in [2.45, 2.75) is 31.6 Å². The second-order valence-corrected chi connectivity index (χ2v) is 8.81. The van der Waals surface area contributed by atoms with E-state index in [4.69, 9.17) is 9.47 Å². The Hall–Kier alpha value is -2.94. The highest BCUT2D eigenvalue weighted by Gasteiger charge is 2.37. The first-order valence-electron chi connectivity index (χ1n) is 10.3. The fourth-order valence-electron chi connectivity index (χ4n) is 4.16. The van der Waals surface area contributed by atoms with Crippen LogP contribution in [-0.4, -0.2) is 55.0 Å². The van der Waals surface area contributed by atoms with Gasteiger partial charge in [-0.15, -0.1) is 11.3 Å². The van der Waals surface area contributed by atoms with Crippen LogP contribution in [0.5, 0.6) is 5.75 Å². The Labute approximate surface area is 184 Å². The van der Waals surface area contributed by atoms with E-state index in [1.807, 2.05) is 4.90 Å². The van der Waals surface area contributed by atoms with E-state index in [9.17, 15) is 14.4 Å². The molecular weight excluding hydrogens is 418 g/mol. The number of methoxy groups -OCH3 is 2. The van der Waals surface area contributed by atoms with Gasteiger partial charge >= 0.3 is 5.97 Å². The minimum absolute atomic E-state index is 0.0559. The maximum absolute atomic E-state index is 13.1. The first-order valence-corrected chi connectivity index (χ1v) is 11.1. The zero-order valence-electron chi connectivity index (χ0n) is 17.6. The number of nitrogens with zero attached hydrogens (tertiary/aromatic N) is 2. The third kappa shape index (κ3) is 4.41. The molecule has 1 saturated heterocycles. The van der Waals surface area contributed by atoms with Crippen LogP contribution < -0.4 is 10.1 Å². The second-order valence-electron chi connectivity index (χ2n) is 7.72. The van der Waals surface area contributed by atoms with Gasteiger partial charge in [0.25, 0.3) is 5.91 Å². The molecule has 8 nitrogen and oxygen atoms in total. The van der Waals surface area contributed by atoms with Gasteiger partial charge in [-0.2, -0.15) is 0 Å². The van der Waals surface area contributed by atoms with E-state index in [1.165, 1.54) is 18.4 Å². The molecule has 164 valence electrons. The number of rotatable bonds is 5. The third-order valence-corrected chi connectivity index (χ3v) is 6.98. The Balaban J connectivity index is 1.39. The van der Waals surface area contributed by atoms with Gasteiger partial charge in [-0.1, -0.05) is 0 Å². The average Bonchev–Trinajstić information content (AvgIpc) is 3.38. The van der Waals surface area contributed by atoms with Crippen molar-refractivity contribution >= 4 is 34.3 Å². The van der Waals surface area contributed by atoms with Crippen LogP contribution >= 0.6 is 11.3 Å². The minimum Gasteiger partial charge on any atom is -0.497 e. The molecule has 31 heavy (non-hydrogen) atoms. The maximum Gasteiger partial charge on any atom is 0.308 e. The molecule has 0 saturated carbocycles. The Morgan fingerprint density at radius 2 is 1.81 bits per heavy atom. The lowest BCUT2D eigenvalue weighted by Crippen LogP contribution is -2.42. The summed E-state index contributed by atoms with van der Waals surface area (Å²) in [6.45, 7) is 1.10. The lowest BCUT2D eigenvalue weighted by Gasteiger charge is -2.32. The SMILES string of the molecule is COC(=O)C1CCN(C(=O)C2CCc3sc(NC(=O)c4ccc(OC)cc4)nc32)CC1. The molecule has 1 fully saturated rings. The number of benzene rings is 1. The molecule has 2 heterocycles. The summed E-state index contributed by atoms with van der Waals surface area (Å²) < 4.78 is 9.93. The van der Waals surface area contributed by atoms with E-state index in [0.29, 0.717) is 42.4 Å². The van der Waals surface area contributed by atoms with Crippen LogP contribution in [0.3, 0.4) is 0 Å². The molecule has 0 bridgehead atoms. The molecule has 0 radical (unpaired) electrons. The van der Waals surface area contributed by atoms with Crippen LogP contribution in [0.15, 0.2) is 24.3 Å². The summed E-state index contributed by atoms with van der Waals surface area (Å²) in [7, 11) is 2.97. The summed E-state index contributed by atoms with van der Waals surface area (Å²) in [5.41, 5.74) is 1.28. The Morgan fingerprint density at radius 1 is 1.10 bits per heavy atom. The number of carbonyl (C=O) groups excluding carboxylic acids is 3. The molecule has 1 atom stereocenters. The lowest BCUT2D eigenvalue weighted by atomic mass is 9.95. The van der Waals surface area contributed by atoms with Gasteiger partial charge in [0.15, 0.2) is 5.13 Å². The Morgan fingerprint density at radius 3 is 2.45 bits per heavy atom. The molecular formula is C22H25N3O5S. The number of piperidine rings is 1. The molecule has 1 N–H and O–H groups in total. The van der Waals surface area contributed by atoms with Crippen molar-refractivity contribution in [2.24, 2.45) is 5.92 Å². The van der Waals surface area contributed by atoms with Crippen molar-refractivity contribution in [3.05, 3.63) is 40.4 Å². The summed E-state index contributed by atoms with van der Waals surface area (Å²) in [6.07, 6.45) is 2.76. The van der Waals surface area contributed by atoms with Crippen LogP contribution in [0.25, 0.3) is 0 Å². The number of ether oxygens (including phenoxy) is 2. The summed E-state index contributed by atoms with van der Waals surface area (Å²) in [6, 6.07) is 6.85. The van der Waals surface area contributed by atoms with Gasteiger partial charge in [0.2, 0.25) is 5.91 Å². The molecule has 2 aromatic rings. The molecule has 1 aliphatic carbocycles. The molecule has 9 heteroatoms. The van der Waals surface area contributed by atoms with Crippen molar-refractivity contribution in [1.82, 2.24) is 9.88 Å². The van der Waals surface area contributed by atoms with Crippen molar-refractivity contribution in [2.75, 3.05) is 32.6 Å². The van der Waals surface area contributed by atoms with Crippen molar-refractivity contribution in [3.63, 3.8) is 0 Å². The number of carbonyl (C=O) groups is 3. The maximum atomic E-state index is 13.1. The second kappa shape index (κ2) is 9.05. The highest BCUT2D eigenvalue weighted by Crippen LogP contribution is 2.40. The van der Waals surface area contributed by atoms with Gasteiger partial charge < -0.3 is 14.4 Å². The van der Waals surface area contributed by atoms with E-state index in [2.05, 4.69) is 10.3 Å². The smallest absolute Gasteiger partial charge is 0.308 e. The van der Waals surface area contributed by atoms with Gasteiger partial charge in [0.05, 0.1) is 31.7 Å². The number of thiazole rings is 1. The van der Waals surface area contributed by atoms with Crippen LogP contribution in [0.1, 0.15) is 46.1 Å². The van der Waals surface area contributed by atoms with E-state index in [0.717, 1.165) is 23.4 Å². The van der Waals surface area contributed by atoms with Crippen LogP contribution in [-0.2, 0) is 20.7 Å². The Bertz CT molecular complexity index is 980. The predicted molar refractivity (Wildman–Crippen MR) is 115 cm³/mol. The van der Waals surface area contributed by atoms with Gasteiger partial charge in [-0.05, 0) is 49.9 Å². The summed E-state index contributed by atoms with van der Waals surface area (Å²) >= 11 is 1.43. The highest BCUT2D eigenvalue weighted by atomic mass is 32.1. The number of amides is 2. The van der Waals surface area contributed by atoms with E-state index < -0.39 is 0 Å². The molecule has 1 unspecified atom stereocenters. The number of likely N-dealkylation sites (tertiary alicyclic amines) is 1. The number of fused-ring (bicyclic) bond motifs is 1. The number of esters is 1. The van der Waals surface area contributed by atoms with E-state index >= 15 is 0 Å². The van der Waals surface area contributed by atoms with Crippen LogP contribution in [0.4, 0.5) is 5.13 Å². The van der Waals surface area contributed by atoms with Gasteiger partial charge in [-0.3, -0.25) is 19.7 Å². The average molecular weight is 444 g/mol. The number of aryl methyl sites for hydroxylation is 1. The normalized spacial score (nSPS) is 18.4. The monoisotopic (exact) mass is 443 g/mol. The van der Waals surface area contributed by atoms with Gasteiger partial charge in [-0.25, -0.2) is 4.98 Å². The summed E-state index contributed by atoms with van der Waals surface area (Å²) in [5.74, 6) is -0.128. The van der Waals surface area contributed by atoms with Crippen molar-refractivity contribution in [3.8, 4) is 5.75 Å². The predicted octanol–water partition coefficient (Wildman–Crippen LogP) is 2.85. The van der Waals surface area contributed by atoms with E-state index in [1.54, 1.807) is 31.4 Å².